The molecule has 0 radical (unpaired) electrons. The maximum Gasteiger partial charge on any atom is 0.371 e. The zero-order valence-corrected chi connectivity index (χ0v) is 26.5. The highest BCUT2D eigenvalue weighted by atomic mass is 32.2. The summed E-state index contributed by atoms with van der Waals surface area (Å²) in [4.78, 5) is 22.5. The summed E-state index contributed by atoms with van der Waals surface area (Å²) in [6, 6.07) is 0. The lowest BCUT2D eigenvalue weighted by atomic mass is 10.1. The summed E-state index contributed by atoms with van der Waals surface area (Å²) < 4.78 is 50.5. The van der Waals surface area contributed by atoms with Gasteiger partial charge in [0.2, 0.25) is 0 Å². The van der Waals surface area contributed by atoms with Crippen molar-refractivity contribution < 1.29 is 37.0 Å². The molecule has 0 aliphatic heterocycles. The lowest BCUT2D eigenvalue weighted by molar-refractivity contribution is -0.155. The zero-order valence-electron chi connectivity index (χ0n) is 24.8. The fourth-order valence-corrected chi connectivity index (χ4v) is 8.01. The monoisotopic (exact) mass is 584 g/mol. The highest BCUT2D eigenvalue weighted by Gasteiger charge is 2.55. The number of hydrogen-bond donors (Lipinski definition) is 2. The SMILES string of the molecule is CCCCCCCCCCCCS(=O)(=O)C(CCCCCCC)C(C)OP(=O)(O)C(C)(OCCC)C(=O)O. The standard InChI is InChI=1S/C28H57O8PS/c1-6-9-11-13-14-15-16-17-19-21-24-38(33,34)26(22-20-18-12-10-7-2)25(4)36-37(31,32)28(5,27(29)30)35-23-8-3/h25-26H,6-24H2,1-5H3,(H,29,30)(H,31,32). The van der Waals surface area contributed by atoms with E-state index in [9.17, 15) is 27.8 Å². The van der Waals surface area contributed by atoms with E-state index in [1.807, 2.05) is 0 Å². The van der Waals surface area contributed by atoms with Crippen LogP contribution in [0.4, 0.5) is 0 Å². The number of carboxylic acids is 1. The number of aliphatic carboxylic acids is 1. The first-order valence-corrected chi connectivity index (χ1v) is 18.3. The van der Waals surface area contributed by atoms with Gasteiger partial charge in [-0.2, -0.15) is 0 Å². The van der Waals surface area contributed by atoms with Gasteiger partial charge in [0.25, 0.3) is 5.34 Å². The Morgan fingerprint density at radius 2 is 1.26 bits per heavy atom. The van der Waals surface area contributed by atoms with Crippen molar-refractivity contribution in [3.8, 4) is 0 Å². The molecule has 4 unspecified atom stereocenters. The molecular weight excluding hydrogens is 527 g/mol. The number of ether oxygens (including phenoxy) is 1. The van der Waals surface area contributed by atoms with Crippen LogP contribution in [-0.2, 0) is 28.5 Å². The number of hydrogen-bond acceptors (Lipinski definition) is 6. The first kappa shape index (κ1) is 37.5. The molecule has 0 aromatic carbocycles. The highest BCUT2D eigenvalue weighted by Crippen LogP contribution is 2.57. The van der Waals surface area contributed by atoms with Gasteiger partial charge in [-0.1, -0.05) is 111 Å². The van der Waals surface area contributed by atoms with Crippen LogP contribution in [0.3, 0.4) is 0 Å². The van der Waals surface area contributed by atoms with E-state index in [0.717, 1.165) is 51.9 Å². The fraction of sp³-hybridized carbons (Fsp3) is 0.964. The van der Waals surface area contributed by atoms with Crippen molar-refractivity contribution >= 4 is 23.4 Å². The highest BCUT2D eigenvalue weighted by molar-refractivity contribution is 7.92. The first-order valence-electron chi connectivity index (χ1n) is 15.0. The predicted octanol–water partition coefficient (Wildman–Crippen LogP) is 7.87. The summed E-state index contributed by atoms with van der Waals surface area (Å²) in [6.07, 6.45) is 15.2. The summed E-state index contributed by atoms with van der Waals surface area (Å²) in [5.41, 5.74) is 0. The third-order valence-electron chi connectivity index (χ3n) is 7.19. The Bertz CT molecular complexity index is 773. The third-order valence-corrected chi connectivity index (χ3v) is 11.6. The molecule has 0 aromatic heterocycles. The van der Waals surface area contributed by atoms with Crippen molar-refractivity contribution in [1.29, 1.82) is 0 Å². The van der Waals surface area contributed by atoms with E-state index in [1.54, 1.807) is 6.92 Å². The van der Waals surface area contributed by atoms with Crippen LogP contribution in [0.5, 0.6) is 0 Å². The van der Waals surface area contributed by atoms with Crippen LogP contribution in [0.25, 0.3) is 0 Å². The van der Waals surface area contributed by atoms with Crippen LogP contribution < -0.4 is 0 Å². The van der Waals surface area contributed by atoms with E-state index in [-0.39, 0.29) is 12.4 Å². The molecule has 0 aliphatic carbocycles. The van der Waals surface area contributed by atoms with E-state index in [1.165, 1.54) is 45.4 Å². The van der Waals surface area contributed by atoms with E-state index in [0.29, 0.717) is 25.7 Å². The van der Waals surface area contributed by atoms with Gasteiger partial charge in [-0.25, -0.2) is 13.2 Å². The molecule has 0 saturated carbocycles. The minimum absolute atomic E-state index is 0.00487. The van der Waals surface area contributed by atoms with Gasteiger partial charge in [0, 0.05) is 6.61 Å². The zero-order chi connectivity index (χ0) is 29.1. The maximum atomic E-state index is 13.4. The Labute approximate surface area is 233 Å². The number of carbonyl (C=O) groups is 1. The Hall–Kier alpha value is -0.470. The average Bonchev–Trinajstić information content (AvgIpc) is 2.84. The van der Waals surface area contributed by atoms with Gasteiger partial charge in [-0.05, 0) is 33.1 Å². The second-order valence-electron chi connectivity index (χ2n) is 10.8. The van der Waals surface area contributed by atoms with E-state index >= 15 is 0 Å². The van der Waals surface area contributed by atoms with Gasteiger partial charge in [-0.15, -0.1) is 0 Å². The molecule has 0 rings (SSSR count). The summed E-state index contributed by atoms with van der Waals surface area (Å²) in [5.74, 6) is -1.62. The molecule has 0 heterocycles. The quantitative estimate of drug-likeness (QED) is 0.0776. The molecule has 0 aromatic rings. The van der Waals surface area contributed by atoms with Crippen molar-refractivity contribution in [2.75, 3.05) is 12.4 Å². The van der Waals surface area contributed by atoms with Crippen molar-refractivity contribution in [3.63, 3.8) is 0 Å². The molecule has 8 nitrogen and oxygen atoms in total. The average molecular weight is 585 g/mol. The van der Waals surface area contributed by atoms with Gasteiger partial charge >= 0.3 is 13.6 Å². The molecular formula is C28H57O8PS. The Morgan fingerprint density at radius 1 is 0.816 bits per heavy atom. The number of carboxylic acid groups (broad SMARTS) is 1. The van der Waals surface area contributed by atoms with E-state index in [2.05, 4.69) is 13.8 Å². The van der Waals surface area contributed by atoms with Crippen LogP contribution >= 0.6 is 7.60 Å². The largest absolute Gasteiger partial charge is 0.479 e. The Morgan fingerprint density at radius 3 is 1.71 bits per heavy atom. The van der Waals surface area contributed by atoms with E-state index in [4.69, 9.17) is 9.26 Å². The van der Waals surface area contributed by atoms with Crippen LogP contribution in [0.2, 0.25) is 0 Å². The van der Waals surface area contributed by atoms with Crippen molar-refractivity contribution in [2.24, 2.45) is 0 Å². The lowest BCUT2D eigenvalue weighted by Gasteiger charge is -2.33. The molecule has 10 heteroatoms. The molecule has 0 bridgehead atoms. The Kier molecular flexibility index (Phi) is 20.2. The van der Waals surface area contributed by atoms with Gasteiger partial charge in [0.1, 0.15) is 0 Å². The maximum absolute atomic E-state index is 13.4. The topological polar surface area (TPSA) is 127 Å². The second kappa shape index (κ2) is 20.4. The molecule has 0 aliphatic rings. The predicted molar refractivity (Wildman–Crippen MR) is 155 cm³/mol. The molecule has 0 spiro atoms. The van der Waals surface area contributed by atoms with Crippen molar-refractivity contribution in [1.82, 2.24) is 0 Å². The number of rotatable bonds is 26. The summed E-state index contributed by atoms with van der Waals surface area (Å²) in [6.45, 7) is 8.49. The molecule has 0 fully saturated rings. The second-order valence-corrected chi connectivity index (χ2v) is 15.2. The van der Waals surface area contributed by atoms with Gasteiger partial charge in [-0.3, -0.25) is 4.57 Å². The molecule has 0 saturated heterocycles. The number of sulfone groups is 1. The minimum atomic E-state index is -4.87. The summed E-state index contributed by atoms with van der Waals surface area (Å²) in [7, 11) is -8.49. The van der Waals surface area contributed by atoms with Crippen LogP contribution in [0, 0.1) is 0 Å². The Balaban J connectivity index is 5.20. The lowest BCUT2D eigenvalue weighted by Crippen LogP contribution is -2.42. The molecule has 38 heavy (non-hydrogen) atoms. The summed E-state index contributed by atoms with van der Waals surface area (Å²) >= 11 is 0. The molecule has 228 valence electrons. The molecule has 2 N–H and O–H groups in total. The third kappa shape index (κ3) is 14.2. The van der Waals surface area contributed by atoms with Gasteiger partial charge in [0.15, 0.2) is 9.84 Å². The first-order chi connectivity index (χ1) is 17.9. The summed E-state index contributed by atoms with van der Waals surface area (Å²) in [5, 5.41) is 6.18. The normalized spacial score (nSPS) is 17.0. The fourth-order valence-electron chi connectivity index (χ4n) is 4.56. The molecule has 0 amide bonds. The van der Waals surface area contributed by atoms with Gasteiger partial charge in [0.05, 0.1) is 17.1 Å². The van der Waals surface area contributed by atoms with Crippen LogP contribution in [0.15, 0.2) is 0 Å². The smallest absolute Gasteiger partial charge is 0.371 e. The van der Waals surface area contributed by atoms with Crippen LogP contribution in [0.1, 0.15) is 144 Å². The van der Waals surface area contributed by atoms with Gasteiger partial charge < -0.3 is 19.3 Å². The van der Waals surface area contributed by atoms with Crippen LogP contribution in [-0.4, -0.2) is 53.4 Å². The minimum Gasteiger partial charge on any atom is -0.479 e. The number of unbranched alkanes of at least 4 members (excludes halogenated alkanes) is 13. The van der Waals surface area contributed by atoms with Crippen molar-refractivity contribution in [2.45, 2.75) is 160 Å². The molecule has 4 atom stereocenters. The van der Waals surface area contributed by atoms with E-state index < -0.39 is 40.1 Å². The van der Waals surface area contributed by atoms with Crippen molar-refractivity contribution in [3.05, 3.63) is 0 Å².